The van der Waals surface area contributed by atoms with E-state index >= 15 is 0 Å². The molecule has 3 aromatic rings. The number of aromatic nitrogens is 2. The van der Waals surface area contributed by atoms with Gasteiger partial charge in [-0.15, -0.1) is 0 Å². The highest BCUT2D eigenvalue weighted by atomic mass is 16.5. The van der Waals surface area contributed by atoms with E-state index in [9.17, 15) is 9.59 Å². The molecular weight excluding hydrogens is 382 g/mol. The van der Waals surface area contributed by atoms with Crippen molar-refractivity contribution in [1.82, 2.24) is 9.78 Å². The van der Waals surface area contributed by atoms with Crippen LogP contribution in [0.2, 0.25) is 0 Å². The molecule has 0 fully saturated rings. The standard InChI is InChI=1S/C23H25N3O4/c1-5-29-23(28)18-8-12-20(13-9-18)30-14-21(27)24-22-16(3)25-26(17(22)4)19-10-6-15(2)7-11-19/h6-13H,5,14H2,1-4H3,(H,24,27). The summed E-state index contributed by atoms with van der Waals surface area (Å²) in [5, 5.41) is 7.42. The Morgan fingerprint density at radius 3 is 2.30 bits per heavy atom. The molecule has 0 aliphatic carbocycles. The molecule has 1 aromatic heterocycles. The number of carbonyl (C=O) groups is 2. The number of hydrogen-bond acceptors (Lipinski definition) is 5. The van der Waals surface area contributed by atoms with Crippen LogP contribution in [0.5, 0.6) is 5.75 Å². The lowest BCUT2D eigenvalue weighted by molar-refractivity contribution is -0.118. The number of amides is 1. The van der Waals surface area contributed by atoms with Crippen LogP contribution in [0.1, 0.15) is 34.2 Å². The van der Waals surface area contributed by atoms with E-state index in [1.54, 1.807) is 35.9 Å². The number of anilines is 1. The molecule has 0 radical (unpaired) electrons. The highest BCUT2D eigenvalue weighted by Gasteiger charge is 2.16. The molecule has 0 unspecified atom stereocenters. The molecule has 1 N–H and O–H groups in total. The molecule has 7 heteroatoms. The van der Waals surface area contributed by atoms with Gasteiger partial charge in [0, 0.05) is 0 Å². The molecule has 0 atom stereocenters. The summed E-state index contributed by atoms with van der Waals surface area (Å²) in [7, 11) is 0. The number of carbonyl (C=O) groups excluding carboxylic acids is 2. The first-order valence-electron chi connectivity index (χ1n) is 9.72. The van der Waals surface area contributed by atoms with Gasteiger partial charge in [-0.25, -0.2) is 9.48 Å². The maximum atomic E-state index is 12.4. The van der Waals surface area contributed by atoms with Gasteiger partial charge in [0.1, 0.15) is 5.75 Å². The van der Waals surface area contributed by atoms with E-state index in [0.717, 1.165) is 17.1 Å². The molecule has 3 rings (SSSR count). The Balaban J connectivity index is 1.62. The van der Waals surface area contributed by atoms with Crippen LogP contribution in [0.15, 0.2) is 48.5 Å². The molecule has 0 aliphatic heterocycles. The average molecular weight is 407 g/mol. The molecule has 1 heterocycles. The monoisotopic (exact) mass is 407 g/mol. The number of ether oxygens (including phenoxy) is 2. The van der Waals surface area contributed by atoms with Crippen LogP contribution in [0.3, 0.4) is 0 Å². The van der Waals surface area contributed by atoms with Crippen LogP contribution in [-0.2, 0) is 9.53 Å². The predicted molar refractivity (Wildman–Crippen MR) is 114 cm³/mol. The van der Waals surface area contributed by atoms with Crippen molar-refractivity contribution in [2.24, 2.45) is 0 Å². The van der Waals surface area contributed by atoms with Gasteiger partial charge in [0.05, 0.1) is 34.9 Å². The average Bonchev–Trinajstić information content (AvgIpc) is 3.01. The van der Waals surface area contributed by atoms with Crippen molar-refractivity contribution in [3.63, 3.8) is 0 Å². The van der Waals surface area contributed by atoms with Gasteiger partial charge < -0.3 is 14.8 Å². The topological polar surface area (TPSA) is 82.4 Å². The molecule has 0 bridgehead atoms. The van der Waals surface area contributed by atoms with Gasteiger partial charge in [-0.3, -0.25) is 4.79 Å². The minimum absolute atomic E-state index is 0.159. The summed E-state index contributed by atoms with van der Waals surface area (Å²) in [6.07, 6.45) is 0. The van der Waals surface area contributed by atoms with E-state index in [1.165, 1.54) is 5.56 Å². The van der Waals surface area contributed by atoms with Crippen molar-refractivity contribution in [3.05, 3.63) is 71.0 Å². The van der Waals surface area contributed by atoms with Crippen LogP contribution >= 0.6 is 0 Å². The van der Waals surface area contributed by atoms with E-state index in [1.807, 2.05) is 45.0 Å². The summed E-state index contributed by atoms with van der Waals surface area (Å²) in [5.74, 6) is -0.195. The van der Waals surface area contributed by atoms with Crippen LogP contribution < -0.4 is 10.1 Å². The van der Waals surface area contributed by atoms with Gasteiger partial charge in [0.15, 0.2) is 6.61 Å². The Bertz CT molecular complexity index is 1040. The Kier molecular flexibility index (Phi) is 6.51. The highest BCUT2D eigenvalue weighted by molar-refractivity contribution is 5.93. The van der Waals surface area contributed by atoms with E-state index in [-0.39, 0.29) is 12.5 Å². The third-order valence-corrected chi connectivity index (χ3v) is 4.57. The number of aryl methyl sites for hydroxylation is 2. The Labute approximate surface area is 175 Å². The van der Waals surface area contributed by atoms with Gasteiger partial charge in [0.25, 0.3) is 5.91 Å². The van der Waals surface area contributed by atoms with Crippen molar-refractivity contribution >= 4 is 17.6 Å². The normalized spacial score (nSPS) is 10.5. The predicted octanol–water partition coefficient (Wildman–Crippen LogP) is 3.99. The maximum absolute atomic E-state index is 12.4. The van der Waals surface area contributed by atoms with Crippen LogP contribution in [-0.4, -0.2) is 34.9 Å². The first kappa shape index (κ1) is 21.1. The van der Waals surface area contributed by atoms with Crippen molar-refractivity contribution in [2.75, 3.05) is 18.5 Å². The second-order valence-corrected chi connectivity index (χ2v) is 6.87. The zero-order chi connectivity index (χ0) is 21.7. The van der Waals surface area contributed by atoms with Crippen molar-refractivity contribution in [1.29, 1.82) is 0 Å². The van der Waals surface area contributed by atoms with Gasteiger partial charge in [-0.05, 0) is 64.1 Å². The molecule has 0 aliphatic rings. The SMILES string of the molecule is CCOC(=O)c1ccc(OCC(=O)Nc2c(C)nn(-c3ccc(C)cc3)c2C)cc1. The quantitative estimate of drug-likeness (QED) is 0.599. The fraction of sp³-hybridized carbons (Fsp3) is 0.261. The third kappa shape index (κ3) is 4.86. The third-order valence-electron chi connectivity index (χ3n) is 4.57. The lowest BCUT2D eigenvalue weighted by Gasteiger charge is -2.09. The second-order valence-electron chi connectivity index (χ2n) is 6.87. The molecule has 1 amide bonds. The number of benzene rings is 2. The number of hydrogen-bond donors (Lipinski definition) is 1. The molecule has 30 heavy (non-hydrogen) atoms. The zero-order valence-corrected chi connectivity index (χ0v) is 17.6. The van der Waals surface area contributed by atoms with Crippen LogP contribution in [0.25, 0.3) is 5.69 Å². The second kappa shape index (κ2) is 9.26. The summed E-state index contributed by atoms with van der Waals surface area (Å²) in [6, 6.07) is 14.5. The van der Waals surface area contributed by atoms with Gasteiger partial charge in [-0.2, -0.15) is 5.10 Å². The van der Waals surface area contributed by atoms with E-state index in [4.69, 9.17) is 9.47 Å². The van der Waals surface area contributed by atoms with Crippen molar-refractivity contribution in [3.8, 4) is 11.4 Å². The lowest BCUT2D eigenvalue weighted by atomic mass is 10.2. The van der Waals surface area contributed by atoms with Gasteiger partial charge in [-0.1, -0.05) is 17.7 Å². The number of nitrogens with zero attached hydrogens (tertiary/aromatic N) is 2. The molecule has 0 saturated carbocycles. The summed E-state index contributed by atoms with van der Waals surface area (Å²) < 4.78 is 12.3. The maximum Gasteiger partial charge on any atom is 0.338 e. The Morgan fingerprint density at radius 2 is 1.67 bits per heavy atom. The van der Waals surface area contributed by atoms with Crippen molar-refractivity contribution in [2.45, 2.75) is 27.7 Å². The molecular formula is C23H25N3O4. The van der Waals surface area contributed by atoms with E-state index in [2.05, 4.69) is 10.4 Å². The fourth-order valence-electron chi connectivity index (χ4n) is 2.99. The first-order chi connectivity index (χ1) is 14.4. The fourth-order valence-corrected chi connectivity index (χ4v) is 2.99. The number of rotatable bonds is 7. The number of nitrogens with one attached hydrogen (secondary N) is 1. The summed E-state index contributed by atoms with van der Waals surface area (Å²) in [4.78, 5) is 24.1. The minimum Gasteiger partial charge on any atom is -0.484 e. The minimum atomic E-state index is -0.390. The summed E-state index contributed by atoms with van der Waals surface area (Å²) in [6.45, 7) is 7.69. The van der Waals surface area contributed by atoms with Crippen LogP contribution in [0.4, 0.5) is 5.69 Å². The first-order valence-corrected chi connectivity index (χ1v) is 9.72. The molecule has 7 nitrogen and oxygen atoms in total. The lowest BCUT2D eigenvalue weighted by Crippen LogP contribution is -2.21. The number of esters is 1. The summed E-state index contributed by atoms with van der Waals surface area (Å²) in [5.41, 5.74) is 4.76. The molecule has 2 aromatic carbocycles. The highest BCUT2D eigenvalue weighted by Crippen LogP contribution is 2.23. The van der Waals surface area contributed by atoms with Gasteiger partial charge >= 0.3 is 5.97 Å². The Morgan fingerprint density at radius 1 is 1.00 bits per heavy atom. The van der Waals surface area contributed by atoms with E-state index in [0.29, 0.717) is 23.6 Å². The van der Waals surface area contributed by atoms with E-state index < -0.39 is 5.97 Å². The molecule has 0 saturated heterocycles. The zero-order valence-electron chi connectivity index (χ0n) is 17.6. The molecule has 156 valence electrons. The largest absolute Gasteiger partial charge is 0.484 e. The summed E-state index contributed by atoms with van der Waals surface area (Å²) >= 11 is 0. The Hall–Kier alpha value is -3.61. The smallest absolute Gasteiger partial charge is 0.338 e. The molecule has 0 spiro atoms. The van der Waals surface area contributed by atoms with Gasteiger partial charge in [0.2, 0.25) is 0 Å². The van der Waals surface area contributed by atoms with Crippen LogP contribution in [0, 0.1) is 20.8 Å². The van der Waals surface area contributed by atoms with Crippen molar-refractivity contribution < 1.29 is 19.1 Å².